The minimum Gasteiger partial charge on any atom is -0.466 e. The number of rotatable bonds is 9. The van der Waals surface area contributed by atoms with Crippen molar-refractivity contribution in [2.45, 2.75) is 45.4 Å². The quantitative estimate of drug-likeness (QED) is 0.298. The first-order valence-electron chi connectivity index (χ1n) is 5.56. The van der Waals surface area contributed by atoms with Crippen LogP contribution in [-0.4, -0.2) is 60.9 Å². The zero-order chi connectivity index (χ0) is 12.4. The van der Waals surface area contributed by atoms with Gasteiger partial charge in [0.25, 0.3) is 10.1 Å². The van der Waals surface area contributed by atoms with Crippen molar-refractivity contribution in [3.63, 3.8) is 0 Å². The van der Waals surface area contributed by atoms with Crippen LogP contribution < -0.4 is 0 Å². The summed E-state index contributed by atoms with van der Waals surface area (Å²) in [5.41, 5.74) is 0. The second kappa shape index (κ2) is 11.5. The molecule has 0 aromatic carbocycles. The standard InChI is InChI=1S/C10H20O5S.Na/c1-2-7-10(11)15-8-5-3-4-6-9-16(12,13)14;/h2-9H2,1H3,(H,12,13,14);. The fourth-order valence-corrected chi connectivity index (χ4v) is 1.77. The molecule has 0 fully saturated rings. The van der Waals surface area contributed by atoms with Gasteiger partial charge in [-0.1, -0.05) is 19.8 Å². The third-order valence-electron chi connectivity index (χ3n) is 2.01. The molecule has 0 saturated heterocycles. The maximum absolute atomic E-state index is 10.9. The molecule has 1 radical (unpaired) electrons. The first kappa shape index (κ1) is 19.7. The van der Waals surface area contributed by atoms with Crippen molar-refractivity contribution in [3.8, 4) is 0 Å². The van der Waals surface area contributed by atoms with Gasteiger partial charge in [-0.15, -0.1) is 0 Å². The molecule has 0 spiro atoms. The van der Waals surface area contributed by atoms with E-state index in [9.17, 15) is 13.2 Å². The monoisotopic (exact) mass is 275 g/mol. The Balaban J connectivity index is 0. The summed E-state index contributed by atoms with van der Waals surface area (Å²) in [7, 11) is -3.82. The molecule has 1 N–H and O–H groups in total. The molecule has 17 heavy (non-hydrogen) atoms. The van der Waals surface area contributed by atoms with Crippen LogP contribution in [0.5, 0.6) is 0 Å². The number of carbonyl (C=O) groups excluding carboxylic acids is 1. The van der Waals surface area contributed by atoms with Gasteiger partial charge < -0.3 is 4.74 Å². The predicted molar refractivity (Wildman–Crippen MR) is 66.5 cm³/mol. The van der Waals surface area contributed by atoms with Gasteiger partial charge in [-0.3, -0.25) is 9.35 Å². The SMILES string of the molecule is CCCC(=O)OCCCCCCS(=O)(=O)O.[Na]. The smallest absolute Gasteiger partial charge is 0.305 e. The molecule has 0 aromatic rings. The van der Waals surface area contributed by atoms with Crippen LogP contribution in [0.4, 0.5) is 0 Å². The van der Waals surface area contributed by atoms with Gasteiger partial charge in [0, 0.05) is 36.0 Å². The molecule has 0 amide bonds. The summed E-state index contributed by atoms with van der Waals surface area (Å²) in [5.74, 6) is -0.372. The Labute approximate surface area is 125 Å². The molecule has 7 heteroatoms. The summed E-state index contributed by atoms with van der Waals surface area (Å²) in [5, 5.41) is 0. The van der Waals surface area contributed by atoms with Crippen molar-refractivity contribution in [1.82, 2.24) is 0 Å². The Morgan fingerprint density at radius 2 is 1.76 bits per heavy atom. The number of carbonyl (C=O) groups is 1. The average Bonchev–Trinajstić information content (AvgIpc) is 2.15. The van der Waals surface area contributed by atoms with Crippen LogP contribution in [0.25, 0.3) is 0 Å². The van der Waals surface area contributed by atoms with Crippen molar-refractivity contribution in [3.05, 3.63) is 0 Å². The van der Waals surface area contributed by atoms with E-state index < -0.39 is 10.1 Å². The van der Waals surface area contributed by atoms with Crippen LogP contribution in [0.15, 0.2) is 0 Å². The molecule has 0 aliphatic carbocycles. The fourth-order valence-electron chi connectivity index (χ4n) is 1.20. The van der Waals surface area contributed by atoms with E-state index in [0.717, 1.165) is 19.3 Å². The average molecular weight is 275 g/mol. The molecule has 0 heterocycles. The summed E-state index contributed by atoms with van der Waals surface area (Å²) in [6.45, 7) is 2.31. The third kappa shape index (κ3) is 16.4. The molecule has 0 aliphatic rings. The molecule has 0 rings (SSSR count). The number of hydrogen-bond donors (Lipinski definition) is 1. The topological polar surface area (TPSA) is 80.7 Å². The minimum absolute atomic E-state index is 0. The molecule has 0 atom stereocenters. The van der Waals surface area contributed by atoms with Gasteiger partial charge in [0.15, 0.2) is 0 Å². The predicted octanol–water partition coefficient (Wildman–Crippen LogP) is 1.40. The molecule has 0 bridgehead atoms. The van der Waals surface area contributed by atoms with E-state index in [2.05, 4.69) is 0 Å². The van der Waals surface area contributed by atoms with Gasteiger partial charge in [0.05, 0.1) is 12.4 Å². The minimum atomic E-state index is -3.82. The van der Waals surface area contributed by atoms with Crippen molar-refractivity contribution in [2.75, 3.05) is 12.4 Å². The third-order valence-corrected chi connectivity index (χ3v) is 2.82. The van der Waals surface area contributed by atoms with Crippen LogP contribution in [0.1, 0.15) is 45.4 Å². The Hall–Kier alpha value is 0.380. The van der Waals surface area contributed by atoms with Crippen LogP contribution in [0.3, 0.4) is 0 Å². The number of unbranched alkanes of at least 4 members (excludes halogenated alkanes) is 3. The number of esters is 1. The molecular formula is C10H20NaO5S. The largest absolute Gasteiger partial charge is 0.466 e. The summed E-state index contributed by atoms with van der Waals surface area (Å²) >= 11 is 0. The first-order valence-corrected chi connectivity index (χ1v) is 7.17. The van der Waals surface area contributed by atoms with Crippen LogP contribution in [0, 0.1) is 0 Å². The van der Waals surface area contributed by atoms with Crippen molar-refractivity contribution < 1.29 is 22.5 Å². The van der Waals surface area contributed by atoms with Gasteiger partial charge in [-0.2, -0.15) is 8.42 Å². The normalized spacial score (nSPS) is 10.7. The Morgan fingerprint density at radius 1 is 1.18 bits per heavy atom. The van der Waals surface area contributed by atoms with Crippen LogP contribution in [0.2, 0.25) is 0 Å². The Morgan fingerprint density at radius 3 is 2.29 bits per heavy atom. The molecule has 0 aliphatic heterocycles. The van der Waals surface area contributed by atoms with Gasteiger partial charge >= 0.3 is 5.97 Å². The van der Waals surface area contributed by atoms with Crippen molar-refractivity contribution in [2.24, 2.45) is 0 Å². The summed E-state index contributed by atoms with van der Waals surface area (Å²) in [6, 6.07) is 0. The Bertz CT molecular complexity index is 289. The van der Waals surface area contributed by atoms with Gasteiger partial charge in [0.1, 0.15) is 0 Å². The maximum atomic E-state index is 10.9. The molecule has 0 saturated carbocycles. The first-order chi connectivity index (χ1) is 7.45. The zero-order valence-electron chi connectivity index (χ0n) is 10.6. The van der Waals surface area contributed by atoms with E-state index in [1.165, 1.54) is 0 Å². The van der Waals surface area contributed by atoms with Gasteiger partial charge in [-0.05, 0) is 19.3 Å². The van der Waals surface area contributed by atoms with E-state index in [-0.39, 0.29) is 41.3 Å². The number of hydrogen-bond acceptors (Lipinski definition) is 4. The molecule has 0 aromatic heterocycles. The zero-order valence-corrected chi connectivity index (χ0v) is 13.5. The molecular weight excluding hydrogens is 255 g/mol. The number of ether oxygens (including phenoxy) is 1. The van der Waals surface area contributed by atoms with Crippen LogP contribution >= 0.6 is 0 Å². The van der Waals surface area contributed by atoms with Gasteiger partial charge in [-0.25, -0.2) is 0 Å². The Kier molecular flexibility index (Phi) is 13.3. The van der Waals surface area contributed by atoms with Crippen molar-refractivity contribution >= 4 is 45.6 Å². The van der Waals surface area contributed by atoms with E-state index in [1.54, 1.807) is 0 Å². The van der Waals surface area contributed by atoms with Crippen molar-refractivity contribution in [1.29, 1.82) is 0 Å². The second-order valence-corrected chi connectivity index (χ2v) is 5.24. The van der Waals surface area contributed by atoms with E-state index >= 15 is 0 Å². The molecule has 97 valence electrons. The van der Waals surface area contributed by atoms with Crippen LogP contribution in [-0.2, 0) is 19.6 Å². The van der Waals surface area contributed by atoms with E-state index in [0.29, 0.717) is 25.9 Å². The van der Waals surface area contributed by atoms with E-state index in [4.69, 9.17) is 9.29 Å². The summed E-state index contributed by atoms with van der Waals surface area (Å²) in [4.78, 5) is 10.9. The molecule has 0 unspecified atom stereocenters. The second-order valence-electron chi connectivity index (χ2n) is 3.67. The molecule has 5 nitrogen and oxygen atoms in total. The van der Waals surface area contributed by atoms with E-state index in [1.807, 2.05) is 6.92 Å². The summed E-state index contributed by atoms with van der Waals surface area (Å²) < 4.78 is 34.1. The fraction of sp³-hybridized carbons (Fsp3) is 0.900. The summed E-state index contributed by atoms with van der Waals surface area (Å²) in [6.07, 6.45) is 3.93. The maximum Gasteiger partial charge on any atom is 0.305 e. The van der Waals surface area contributed by atoms with Gasteiger partial charge in [0.2, 0.25) is 0 Å².